The molecular weight excluding hydrogens is 232 g/mol. The van der Waals surface area contributed by atoms with Gasteiger partial charge in [-0.2, -0.15) is 0 Å². The molecule has 0 amide bonds. The number of fused-ring (bicyclic) bond motifs is 1. The second kappa shape index (κ2) is 5.38. The number of aryl methyl sites for hydroxylation is 1. The Morgan fingerprint density at radius 3 is 2.89 bits per heavy atom. The van der Waals surface area contributed by atoms with Gasteiger partial charge in [0.05, 0.1) is 0 Å². The minimum Gasteiger partial charge on any atom is -0.365 e. The number of hydrogen-bond acceptors (Lipinski definition) is 2. The fourth-order valence-corrected chi connectivity index (χ4v) is 2.87. The first-order valence-electron chi connectivity index (χ1n) is 7.48. The van der Waals surface area contributed by atoms with Crippen LogP contribution < -0.4 is 10.2 Å². The molecule has 0 bridgehead atoms. The Morgan fingerprint density at radius 2 is 2.11 bits per heavy atom. The van der Waals surface area contributed by atoms with Crippen LogP contribution in [0.15, 0.2) is 36.4 Å². The summed E-state index contributed by atoms with van der Waals surface area (Å²) in [6, 6.07) is 10.2. The summed E-state index contributed by atoms with van der Waals surface area (Å²) >= 11 is 0. The number of anilines is 1. The van der Waals surface area contributed by atoms with Gasteiger partial charge in [-0.05, 0) is 49.8 Å². The molecule has 1 aromatic carbocycles. The smallest absolute Gasteiger partial charge is 0.0404 e. The zero-order valence-corrected chi connectivity index (χ0v) is 11.9. The van der Waals surface area contributed by atoms with Crippen molar-refractivity contribution in [1.29, 1.82) is 0 Å². The lowest BCUT2D eigenvalue weighted by Crippen LogP contribution is -2.39. The highest BCUT2D eigenvalue weighted by molar-refractivity contribution is 5.57. The Balaban J connectivity index is 1.66. The number of nitrogens with zero attached hydrogens (tertiary/aromatic N) is 1. The first kappa shape index (κ1) is 12.7. The van der Waals surface area contributed by atoms with Gasteiger partial charge >= 0.3 is 0 Å². The molecule has 0 spiro atoms. The van der Waals surface area contributed by atoms with E-state index in [9.17, 15) is 0 Å². The molecule has 102 valence electrons. The van der Waals surface area contributed by atoms with Crippen molar-refractivity contribution in [3.05, 3.63) is 42.0 Å². The zero-order chi connectivity index (χ0) is 13.2. The monoisotopic (exact) mass is 256 g/mol. The van der Waals surface area contributed by atoms with Crippen molar-refractivity contribution >= 4 is 5.69 Å². The highest BCUT2D eigenvalue weighted by atomic mass is 15.2. The molecule has 1 fully saturated rings. The molecule has 19 heavy (non-hydrogen) atoms. The van der Waals surface area contributed by atoms with Gasteiger partial charge in [0, 0.05) is 30.9 Å². The molecule has 1 aliphatic heterocycles. The van der Waals surface area contributed by atoms with Gasteiger partial charge in [-0.25, -0.2) is 0 Å². The van der Waals surface area contributed by atoms with E-state index in [1.807, 2.05) is 0 Å². The van der Waals surface area contributed by atoms with Crippen LogP contribution in [0.4, 0.5) is 5.69 Å². The highest BCUT2D eigenvalue weighted by Gasteiger charge is 2.24. The first-order valence-corrected chi connectivity index (χ1v) is 7.48. The Labute approximate surface area is 116 Å². The van der Waals surface area contributed by atoms with Gasteiger partial charge in [-0.15, -0.1) is 0 Å². The third kappa shape index (κ3) is 3.01. The molecule has 0 saturated heterocycles. The number of rotatable bonds is 5. The molecule has 2 heteroatoms. The minimum atomic E-state index is 0.618. The normalized spacial score (nSPS) is 22.2. The lowest BCUT2D eigenvalue weighted by molar-refractivity contribution is 0.571. The molecule has 0 radical (unpaired) electrons. The molecule has 0 aromatic heterocycles. The van der Waals surface area contributed by atoms with Crippen molar-refractivity contribution in [2.75, 3.05) is 18.0 Å². The van der Waals surface area contributed by atoms with Gasteiger partial charge in [-0.3, -0.25) is 0 Å². The molecule has 1 unspecified atom stereocenters. The van der Waals surface area contributed by atoms with Crippen LogP contribution in [0.5, 0.6) is 0 Å². The molecule has 1 saturated carbocycles. The van der Waals surface area contributed by atoms with E-state index in [0.717, 1.165) is 19.1 Å². The molecule has 2 aliphatic rings. The van der Waals surface area contributed by atoms with Crippen LogP contribution in [0.2, 0.25) is 0 Å². The van der Waals surface area contributed by atoms with Crippen molar-refractivity contribution in [1.82, 2.24) is 5.32 Å². The predicted octanol–water partition coefficient (Wildman–Crippen LogP) is 3.14. The fourth-order valence-electron chi connectivity index (χ4n) is 2.87. The standard InChI is InChI=1S/C17H24N2/c1-13(11-18-16-9-10-16)12-19-14(2)7-8-15-5-3-4-6-17(15)19/h3-6,14,16,18H,1,7-12H2,2H3. The minimum absolute atomic E-state index is 0.618. The molecule has 1 aliphatic carbocycles. The van der Waals surface area contributed by atoms with E-state index in [1.54, 1.807) is 0 Å². The van der Waals surface area contributed by atoms with E-state index in [-0.39, 0.29) is 0 Å². The van der Waals surface area contributed by atoms with Crippen LogP contribution >= 0.6 is 0 Å². The van der Waals surface area contributed by atoms with E-state index in [1.165, 1.54) is 42.5 Å². The SMILES string of the molecule is C=C(CNC1CC1)CN1c2ccccc2CCC1C. The topological polar surface area (TPSA) is 15.3 Å². The summed E-state index contributed by atoms with van der Waals surface area (Å²) in [5.74, 6) is 0. The third-order valence-electron chi connectivity index (χ3n) is 4.28. The lowest BCUT2D eigenvalue weighted by Gasteiger charge is -2.37. The summed E-state index contributed by atoms with van der Waals surface area (Å²) in [7, 11) is 0. The molecule has 2 nitrogen and oxygen atoms in total. The van der Waals surface area contributed by atoms with Crippen molar-refractivity contribution < 1.29 is 0 Å². The molecule has 1 N–H and O–H groups in total. The fraction of sp³-hybridized carbons (Fsp3) is 0.529. The van der Waals surface area contributed by atoms with E-state index in [4.69, 9.17) is 0 Å². The second-order valence-corrected chi connectivity index (χ2v) is 6.05. The van der Waals surface area contributed by atoms with E-state index in [2.05, 4.69) is 48.0 Å². The maximum Gasteiger partial charge on any atom is 0.0404 e. The number of para-hydroxylation sites is 1. The van der Waals surface area contributed by atoms with Crippen LogP contribution in [-0.2, 0) is 6.42 Å². The quantitative estimate of drug-likeness (QED) is 0.814. The average molecular weight is 256 g/mol. The van der Waals surface area contributed by atoms with Gasteiger partial charge in [0.2, 0.25) is 0 Å². The summed E-state index contributed by atoms with van der Waals surface area (Å²) < 4.78 is 0. The molecule has 1 aromatic rings. The van der Waals surface area contributed by atoms with Gasteiger partial charge in [0.15, 0.2) is 0 Å². The third-order valence-corrected chi connectivity index (χ3v) is 4.28. The summed E-state index contributed by atoms with van der Waals surface area (Å²) in [6.07, 6.45) is 5.15. The highest BCUT2D eigenvalue weighted by Crippen LogP contribution is 2.30. The Bertz CT molecular complexity index is 462. The molecule has 3 rings (SSSR count). The summed E-state index contributed by atoms with van der Waals surface area (Å²) in [5.41, 5.74) is 4.20. The maximum atomic E-state index is 4.25. The Morgan fingerprint density at radius 1 is 1.32 bits per heavy atom. The Hall–Kier alpha value is -1.28. The van der Waals surface area contributed by atoms with Crippen molar-refractivity contribution in [3.63, 3.8) is 0 Å². The Kier molecular flexibility index (Phi) is 3.61. The largest absolute Gasteiger partial charge is 0.365 e. The predicted molar refractivity (Wildman–Crippen MR) is 81.7 cm³/mol. The molecular formula is C17H24N2. The van der Waals surface area contributed by atoms with Crippen molar-refractivity contribution in [2.24, 2.45) is 0 Å². The average Bonchev–Trinajstić information content (AvgIpc) is 3.24. The van der Waals surface area contributed by atoms with Crippen LogP contribution in [0.1, 0.15) is 31.7 Å². The van der Waals surface area contributed by atoms with Gasteiger partial charge in [-0.1, -0.05) is 24.8 Å². The van der Waals surface area contributed by atoms with Crippen molar-refractivity contribution in [3.8, 4) is 0 Å². The summed E-state index contributed by atoms with van der Waals surface area (Å²) in [5, 5.41) is 3.56. The number of nitrogens with one attached hydrogen (secondary N) is 1. The van der Waals surface area contributed by atoms with Crippen LogP contribution in [0.3, 0.4) is 0 Å². The first-order chi connectivity index (χ1) is 9.24. The number of hydrogen-bond donors (Lipinski definition) is 1. The molecule has 1 atom stereocenters. The zero-order valence-electron chi connectivity index (χ0n) is 11.9. The van der Waals surface area contributed by atoms with E-state index >= 15 is 0 Å². The lowest BCUT2D eigenvalue weighted by atomic mass is 9.96. The van der Waals surface area contributed by atoms with Crippen LogP contribution in [-0.4, -0.2) is 25.2 Å². The maximum absolute atomic E-state index is 4.25. The van der Waals surface area contributed by atoms with E-state index in [0.29, 0.717) is 6.04 Å². The summed E-state index contributed by atoms with van der Waals surface area (Å²) in [4.78, 5) is 2.52. The van der Waals surface area contributed by atoms with Crippen molar-refractivity contribution in [2.45, 2.75) is 44.7 Å². The number of benzene rings is 1. The van der Waals surface area contributed by atoms with E-state index < -0.39 is 0 Å². The van der Waals surface area contributed by atoms with Crippen LogP contribution in [0, 0.1) is 0 Å². The van der Waals surface area contributed by atoms with Gasteiger partial charge in [0.25, 0.3) is 0 Å². The second-order valence-electron chi connectivity index (χ2n) is 6.05. The van der Waals surface area contributed by atoms with Gasteiger partial charge in [0.1, 0.15) is 0 Å². The van der Waals surface area contributed by atoms with Crippen LogP contribution in [0.25, 0.3) is 0 Å². The molecule has 1 heterocycles. The summed E-state index contributed by atoms with van der Waals surface area (Å²) in [6.45, 7) is 8.53. The van der Waals surface area contributed by atoms with Gasteiger partial charge < -0.3 is 10.2 Å².